The fourth-order valence-electron chi connectivity index (χ4n) is 3.42. The van der Waals surface area contributed by atoms with Crippen molar-refractivity contribution in [2.24, 2.45) is 4.99 Å². The van der Waals surface area contributed by atoms with Gasteiger partial charge in [-0.2, -0.15) is 0 Å². The predicted octanol–water partition coefficient (Wildman–Crippen LogP) is 7.52. The molecule has 0 aliphatic rings. The summed E-state index contributed by atoms with van der Waals surface area (Å²) in [6.45, 7) is 0. The first-order valence-electron chi connectivity index (χ1n) is 9.61. The highest BCUT2D eigenvalue weighted by Crippen LogP contribution is 2.40. The van der Waals surface area contributed by atoms with Gasteiger partial charge in [0.15, 0.2) is 0 Å². The molecule has 0 unspecified atom stereocenters. The Balaban J connectivity index is 1.67. The number of pyridine rings is 1. The van der Waals surface area contributed by atoms with Crippen molar-refractivity contribution in [3.63, 3.8) is 0 Å². The van der Waals surface area contributed by atoms with Gasteiger partial charge in [-0.05, 0) is 34.9 Å². The second-order valence-corrected chi connectivity index (χ2v) is 7.76. The quantitative estimate of drug-likeness (QED) is 0.282. The van der Waals surface area contributed by atoms with E-state index in [0.717, 1.165) is 43.9 Å². The third-order valence-corrected chi connectivity index (χ3v) is 5.76. The van der Waals surface area contributed by atoms with Gasteiger partial charge in [-0.15, -0.1) is 11.3 Å². The Hall–Kier alpha value is -3.63. The molecule has 2 aromatic heterocycles. The van der Waals surface area contributed by atoms with Gasteiger partial charge in [-0.25, -0.2) is 9.37 Å². The Bertz CT molecular complexity index is 1320. The number of hydrogen-bond acceptors (Lipinski definition) is 3. The van der Waals surface area contributed by atoms with E-state index in [1.807, 2.05) is 41.8 Å². The fourth-order valence-corrected chi connectivity index (χ4v) is 4.30. The van der Waals surface area contributed by atoms with Crippen LogP contribution >= 0.6 is 11.3 Å². The maximum Gasteiger partial charge on any atom is 0.126 e. The van der Waals surface area contributed by atoms with E-state index < -0.39 is 0 Å². The summed E-state index contributed by atoms with van der Waals surface area (Å²) in [6.07, 6.45) is 1.76. The topological polar surface area (TPSA) is 25.2 Å². The van der Waals surface area contributed by atoms with E-state index in [9.17, 15) is 4.39 Å². The van der Waals surface area contributed by atoms with E-state index in [1.54, 1.807) is 29.7 Å². The van der Waals surface area contributed by atoms with Crippen molar-refractivity contribution >= 4 is 33.5 Å². The van der Waals surface area contributed by atoms with Crippen molar-refractivity contribution in [3.05, 3.63) is 108 Å². The molecule has 0 bridgehead atoms. The van der Waals surface area contributed by atoms with E-state index in [-0.39, 0.29) is 5.82 Å². The van der Waals surface area contributed by atoms with E-state index in [4.69, 9.17) is 9.98 Å². The SMILES string of the molecule is Fc1ccc(C=Nc2csc3nc(-c4ccccc4)cc(-c4ccccc4)c23)cc1. The lowest BCUT2D eigenvalue weighted by Gasteiger charge is -2.09. The molecule has 0 spiro atoms. The summed E-state index contributed by atoms with van der Waals surface area (Å²) in [4.78, 5) is 10.6. The molecule has 0 amide bonds. The Morgan fingerprint density at radius 2 is 1.47 bits per heavy atom. The number of thiophene rings is 1. The number of rotatable bonds is 4. The van der Waals surface area contributed by atoms with Crippen LogP contribution in [0.3, 0.4) is 0 Å². The van der Waals surface area contributed by atoms with E-state index in [1.165, 1.54) is 12.1 Å². The third kappa shape index (κ3) is 3.65. The first-order chi connectivity index (χ1) is 14.8. The van der Waals surface area contributed by atoms with Gasteiger partial charge >= 0.3 is 0 Å². The van der Waals surface area contributed by atoms with Crippen LogP contribution in [0.25, 0.3) is 32.6 Å². The van der Waals surface area contributed by atoms with Gasteiger partial charge < -0.3 is 0 Å². The minimum atomic E-state index is -0.253. The molecule has 2 heterocycles. The van der Waals surface area contributed by atoms with Gasteiger partial charge in [0.1, 0.15) is 10.6 Å². The van der Waals surface area contributed by atoms with Crippen molar-refractivity contribution in [1.29, 1.82) is 0 Å². The summed E-state index contributed by atoms with van der Waals surface area (Å²) >= 11 is 1.58. The molecule has 0 radical (unpaired) electrons. The molecule has 0 atom stereocenters. The number of aliphatic imine (C=N–C) groups is 1. The highest BCUT2D eigenvalue weighted by Gasteiger charge is 2.14. The van der Waals surface area contributed by atoms with Crippen molar-refractivity contribution in [1.82, 2.24) is 4.98 Å². The highest BCUT2D eigenvalue weighted by molar-refractivity contribution is 7.17. The molecular weight excluding hydrogens is 391 g/mol. The Labute approximate surface area is 178 Å². The molecule has 4 heteroatoms. The Morgan fingerprint density at radius 3 is 2.17 bits per heavy atom. The summed E-state index contributed by atoms with van der Waals surface area (Å²) in [5, 5.41) is 3.06. The van der Waals surface area contributed by atoms with Crippen LogP contribution in [0.15, 0.2) is 101 Å². The first kappa shape index (κ1) is 18.4. The molecule has 2 nitrogen and oxygen atoms in total. The Kier molecular flexibility index (Phi) is 4.91. The number of nitrogens with zero attached hydrogens (tertiary/aromatic N) is 2. The minimum absolute atomic E-state index is 0.253. The van der Waals surface area contributed by atoms with Crippen LogP contribution in [-0.4, -0.2) is 11.2 Å². The minimum Gasteiger partial charge on any atom is -0.255 e. The molecule has 0 aliphatic carbocycles. The maximum atomic E-state index is 13.2. The summed E-state index contributed by atoms with van der Waals surface area (Å²) in [5.74, 6) is -0.253. The Morgan fingerprint density at radius 1 is 0.800 bits per heavy atom. The maximum absolute atomic E-state index is 13.2. The zero-order chi connectivity index (χ0) is 20.3. The fraction of sp³-hybridized carbons (Fsp3) is 0. The van der Waals surface area contributed by atoms with Crippen LogP contribution in [0.4, 0.5) is 10.1 Å². The molecule has 5 rings (SSSR count). The van der Waals surface area contributed by atoms with Gasteiger partial charge in [0, 0.05) is 22.5 Å². The molecule has 0 N–H and O–H groups in total. The number of aromatic nitrogens is 1. The monoisotopic (exact) mass is 408 g/mol. The largest absolute Gasteiger partial charge is 0.255 e. The van der Waals surface area contributed by atoms with Crippen molar-refractivity contribution in [2.45, 2.75) is 0 Å². The van der Waals surface area contributed by atoms with Gasteiger partial charge in [-0.3, -0.25) is 4.99 Å². The van der Waals surface area contributed by atoms with Gasteiger partial charge in [0.25, 0.3) is 0 Å². The second kappa shape index (κ2) is 8.01. The second-order valence-electron chi connectivity index (χ2n) is 6.90. The predicted molar refractivity (Wildman–Crippen MR) is 124 cm³/mol. The number of hydrogen-bond donors (Lipinski definition) is 0. The average Bonchev–Trinajstić information content (AvgIpc) is 3.22. The third-order valence-electron chi connectivity index (χ3n) is 4.90. The zero-order valence-corrected chi connectivity index (χ0v) is 16.8. The lowest BCUT2D eigenvalue weighted by molar-refractivity contribution is 0.628. The standard InChI is InChI=1S/C26H17FN2S/c27-21-13-11-18(12-14-21)16-28-24-17-30-26-25(24)22(19-7-3-1-4-8-19)15-23(29-26)20-9-5-2-6-10-20/h1-17H. The van der Waals surface area contributed by atoms with E-state index in [2.05, 4.69) is 30.3 Å². The number of fused-ring (bicyclic) bond motifs is 1. The molecule has 144 valence electrons. The smallest absolute Gasteiger partial charge is 0.126 e. The molecule has 3 aromatic carbocycles. The van der Waals surface area contributed by atoms with E-state index in [0.29, 0.717) is 0 Å². The molecular formula is C26H17FN2S. The molecule has 5 aromatic rings. The molecule has 0 saturated carbocycles. The summed E-state index contributed by atoms with van der Waals surface area (Å²) in [5.41, 5.74) is 5.97. The van der Waals surface area contributed by atoms with E-state index >= 15 is 0 Å². The number of benzene rings is 3. The summed E-state index contributed by atoms with van der Waals surface area (Å²) < 4.78 is 13.2. The molecule has 30 heavy (non-hydrogen) atoms. The molecule has 0 aliphatic heterocycles. The lowest BCUT2D eigenvalue weighted by Crippen LogP contribution is -1.87. The van der Waals surface area contributed by atoms with Gasteiger partial charge in [0.2, 0.25) is 0 Å². The normalized spacial score (nSPS) is 11.4. The summed E-state index contributed by atoms with van der Waals surface area (Å²) in [7, 11) is 0. The van der Waals surface area contributed by atoms with Gasteiger partial charge in [-0.1, -0.05) is 72.8 Å². The first-order valence-corrected chi connectivity index (χ1v) is 10.5. The average molecular weight is 409 g/mol. The van der Waals surface area contributed by atoms with Crippen LogP contribution < -0.4 is 0 Å². The van der Waals surface area contributed by atoms with Crippen molar-refractivity contribution < 1.29 is 4.39 Å². The van der Waals surface area contributed by atoms with Crippen LogP contribution in [0.5, 0.6) is 0 Å². The van der Waals surface area contributed by atoms with Crippen LogP contribution in [0, 0.1) is 5.82 Å². The van der Waals surface area contributed by atoms with Gasteiger partial charge in [0.05, 0.1) is 11.4 Å². The zero-order valence-electron chi connectivity index (χ0n) is 16.0. The van der Waals surface area contributed by atoms with Crippen molar-refractivity contribution in [3.8, 4) is 22.4 Å². The molecule has 0 saturated heterocycles. The van der Waals surface area contributed by atoms with Crippen molar-refractivity contribution in [2.75, 3.05) is 0 Å². The van der Waals surface area contributed by atoms with Crippen LogP contribution in [0.1, 0.15) is 5.56 Å². The lowest BCUT2D eigenvalue weighted by atomic mass is 10.00. The molecule has 0 fully saturated rings. The summed E-state index contributed by atoms with van der Waals surface area (Å²) in [6, 6.07) is 29.0. The highest BCUT2D eigenvalue weighted by atomic mass is 32.1. The number of halogens is 1. The van der Waals surface area contributed by atoms with Crippen LogP contribution in [0.2, 0.25) is 0 Å². The van der Waals surface area contributed by atoms with Crippen LogP contribution in [-0.2, 0) is 0 Å².